The highest BCUT2D eigenvalue weighted by Gasteiger charge is 2.18. The van der Waals surface area contributed by atoms with Gasteiger partial charge in [0, 0.05) is 29.3 Å². The molecule has 0 atom stereocenters. The molecule has 1 heterocycles. The van der Waals surface area contributed by atoms with Gasteiger partial charge in [0.05, 0.1) is 4.92 Å². The standard InChI is InChI=1S/C19H15ClN4O4S/c1-2-23-17(13-5-7-14(20)8-6-13)21-22-19(23)29-16(18(25)26)11-12-3-9-15(10-4-12)24(27)28/h3-11H,2H2,1H3,(H,25,26)/b16-11-. The lowest BCUT2D eigenvalue weighted by atomic mass is 10.2. The Kier molecular flexibility index (Phi) is 6.30. The maximum atomic E-state index is 11.7. The second kappa shape index (κ2) is 8.89. The van der Waals surface area contributed by atoms with Crippen LogP contribution in [0.15, 0.2) is 58.6 Å². The molecule has 0 amide bonds. The van der Waals surface area contributed by atoms with Gasteiger partial charge in [-0.05, 0) is 66.7 Å². The fraction of sp³-hybridized carbons (Fsp3) is 0.105. The van der Waals surface area contributed by atoms with Gasteiger partial charge >= 0.3 is 5.97 Å². The third kappa shape index (κ3) is 4.82. The Labute approximate surface area is 175 Å². The van der Waals surface area contributed by atoms with E-state index in [1.54, 1.807) is 16.7 Å². The van der Waals surface area contributed by atoms with Crippen LogP contribution < -0.4 is 0 Å². The van der Waals surface area contributed by atoms with Crippen molar-refractivity contribution in [3.8, 4) is 11.4 Å². The zero-order valence-corrected chi connectivity index (χ0v) is 16.7. The van der Waals surface area contributed by atoms with Crippen molar-refractivity contribution in [3.63, 3.8) is 0 Å². The van der Waals surface area contributed by atoms with Gasteiger partial charge in [-0.15, -0.1) is 10.2 Å². The Morgan fingerprint density at radius 1 is 1.21 bits per heavy atom. The van der Waals surface area contributed by atoms with Crippen molar-refractivity contribution in [3.05, 3.63) is 74.1 Å². The summed E-state index contributed by atoms with van der Waals surface area (Å²) in [6.07, 6.45) is 1.44. The molecular weight excluding hydrogens is 416 g/mol. The largest absolute Gasteiger partial charge is 0.477 e. The maximum absolute atomic E-state index is 11.7. The summed E-state index contributed by atoms with van der Waals surface area (Å²) in [6, 6.07) is 12.8. The number of rotatable bonds is 7. The predicted molar refractivity (Wildman–Crippen MR) is 111 cm³/mol. The third-order valence-electron chi connectivity index (χ3n) is 3.95. The maximum Gasteiger partial charge on any atom is 0.342 e. The zero-order valence-electron chi connectivity index (χ0n) is 15.2. The number of thioether (sulfide) groups is 1. The van der Waals surface area contributed by atoms with Gasteiger partial charge in [-0.1, -0.05) is 11.6 Å². The number of hydrogen-bond acceptors (Lipinski definition) is 6. The van der Waals surface area contributed by atoms with Gasteiger partial charge in [0.1, 0.15) is 4.91 Å². The minimum atomic E-state index is -1.13. The highest BCUT2D eigenvalue weighted by atomic mass is 35.5. The minimum Gasteiger partial charge on any atom is -0.477 e. The van der Waals surface area contributed by atoms with Crippen molar-refractivity contribution in [2.75, 3.05) is 0 Å². The summed E-state index contributed by atoms with van der Waals surface area (Å²) in [5.41, 5.74) is 1.28. The molecular formula is C19H15ClN4O4S. The summed E-state index contributed by atoms with van der Waals surface area (Å²) in [4.78, 5) is 22.0. The molecule has 0 spiro atoms. The lowest BCUT2D eigenvalue weighted by Gasteiger charge is -2.08. The van der Waals surface area contributed by atoms with E-state index < -0.39 is 10.9 Å². The Hall–Kier alpha value is -3.17. The number of carboxylic acid groups (broad SMARTS) is 1. The summed E-state index contributed by atoms with van der Waals surface area (Å²) in [7, 11) is 0. The number of carbonyl (C=O) groups is 1. The van der Waals surface area contributed by atoms with Crippen LogP contribution in [0, 0.1) is 10.1 Å². The van der Waals surface area contributed by atoms with E-state index in [9.17, 15) is 20.0 Å². The first-order valence-corrected chi connectivity index (χ1v) is 9.65. The summed E-state index contributed by atoms with van der Waals surface area (Å²) in [5, 5.41) is 29.7. The molecule has 1 aromatic heterocycles. The molecule has 1 N–H and O–H groups in total. The van der Waals surface area contributed by atoms with Crippen molar-refractivity contribution in [1.29, 1.82) is 0 Å². The molecule has 148 valence electrons. The van der Waals surface area contributed by atoms with E-state index in [1.165, 1.54) is 30.3 Å². The quantitative estimate of drug-likeness (QED) is 0.249. The van der Waals surface area contributed by atoms with Crippen molar-refractivity contribution < 1.29 is 14.8 Å². The molecule has 0 aliphatic carbocycles. The first-order chi connectivity index (χ1) is 13.9. The van der Waals surface area contributed by atoms with E-state index in [0.29, 0.717) is 28.1 Å². The molecule has 0 bridgehead atoms. The molecule has 0 aliphatic heterocycles. The van der Waals surface area contributed by atoms with Crippen molar-refractivity contribution in [2.24, 2.45) is 0 Å². The number of carboxylic acids is 1. The van der Waals surface area contributed by atoms with Crippen LogP contribution in [0.5, 0.6) is 0 Å². The Bertz CT molecular complexity index is 1080. The van der Waals surface area contributed by atoms with Gasteiger partial charge in [-0.25, -0.2) is 4.79 Å². The summed E-state index contributed by atoms with van der Waals surface area (Å²) >= 11 is 6.89. The van der Waals surface area contributed by atoms with Crippen LogP contribution >= 0.6 is 23.4 Å². The normalized spacial score (nSPS) is 11.4. The van der Waals surface area contributed by atoms with E-state index in [2.05, 4.69) is 10.2 Å². The number of nitrogens with zero attached hydrogens (tertiary/aromatic N) is 4. The first kappa shape index (κ1) is 20.6. The molecule has 8 nitrogen and oxygen atoms in total. The molecule has 0 unspecified atom stereocenters. The number of aromatic nitrogens is 3. The molecule has 0 fully saturated rings. The van der Waals surface area contributed by atoms with Gasteiger partial charge in [0.2, 0.25) is 0 Å². The van der Waals surface area contributed by atoms with Crippen LogP contribution in [-0.2, 0) is 11.3 Å². The number of halogens is 1. The number of benzene rings is 2. The number of nitro benzene ring substituents is 1. The van der Waals surface area contributed by atoms with Gasteiger partial charge < -0.3 is 9.67 Å². The van der Waals surface area contributed by atoms with E-state index in [-0.39, 0.29) is 10.6 Å². The SMILES string of the molecule is CCn1c(S/C(=C\c2ccc([N+](=O)[O-])cc2)C(=O)O)nnc1-c1ccc(Cl)cc1. The second-order valence-corrected chi connectivity index (χ2v) is 7.27. The molecule has 2 aromatic carbocycles. The zero-order chi connectivity index (χ0) is 21.0. The van der Waals surface area contributed by atoms with Crippen LogP contribution in [0.3, 0.4) is 0 Å². The van der Waals surface area contributed by atoms with E-state index in [1.807, 2.05) is 19.1 Å². The van der Waals surface area contributed by atoms with E-state index in [0.717, 1.165) is 17.3 Å². The molecule has 0 saturated carbocycles. The average molecular weight is 431 g/mol. The van der Waals surface area contributed by atoms with Crippen molar-refractivity contribution in [2.45, 2.75) is 18.6 Å². The van der Waals surface area contributed by atoms with Crippen molar-refractivity contribution >= 4 is 41.1 Å². The highest BCUT2D eigenvalue weighted by Crippen LogP contribution is 2.31. The number of aliphatic carboxylic acids is 1. The third-order valence-corrected chi connectivity index (χ3v) is 5.20. The topological polar surface area (TPSA) is 111 Å². The Balaban J connectivity index is 1.92. The van der Waals surface area contributed by atoms with Gasteiger partial charge in [0.15, 0.2) is 11.0 Å². The lowest BCUT2D eigenvalue weighted by molar-refractivity contribution is -0.384. The van der Waals surface area contributed by atoms with Crippen LogP contribution in [0.2, 0.25) is 5.02 Å². The number of hydrogen-bond donors (Lipinski definition) is 1. The minimum absolute atomic E-state index is 0.0172. The molecule has 29 heavy (non-hydrogen) atoms. The van der Waals surface area contributed by atoms with Gasteiger partial charge in [0.25, 0.3) is 5.69 Å². The van der Waals surface area contributed by atoms with Crippen LogP contribution in [0.25, 0.3) is 17.5 Å². The monoisotopic (exact) mass is 430 g/mol. The Morgan fingerprint density at radius 3 is 2.41 bits per heavy atom. The number of non-ortho nitro benzene ring substituents is 1. The molecule has 0 saturated heterocycles. The fourth-order valence-electron chi connectivity index (χ4n) is 2.54. The van der Waals surface area contributed by atoms with E-state index >= 15 is 0 Å². The van der Waals surface area contributed by atoms with E-state index in [4.69, 9.17) is 11.6 Å². The highest BCUT2D eigenvalue weighted by molar-refractivity contribution is 8.04. The van der Waals surface area contributed by atoms with Crippen LogP contribution in [-0.4, -0.2) is 30.8 Å². The lowest BCUT2D eigenvalue weighted by Crippen LogP contribution is -2.02. The molecule has 3 aromatic rings. The van der Waals surface area contributed by atoms with Gasteiger partial charge in [-0.3, -0.25) is 10.1 Å². The molecule has 0 aliphatic rings. The summed E-state index contributed by atoms with van der Waals surface area (Å²) in [5.74, 6) is -0.529. The molecule has 0 radical (unpaired) electrons. The van der Waals surface area contributed by atoms with Gasteiger partial charge in [-0.2, -0.15) is 0 Å². The van der Waals surface area contributed by atoms with Crippen LogP contribution in [0.4, 0.5) is 5.69 Å². The molecule has 3 rings (SSSR count). The summed E-state index contributed by atoms with van der Waals surface area (Å²) in [6.45, 7) is 2.45. The molecule has 10 heteroatoms. The fourth-order valence-corrected chi connectivity index (χ4v) is 3.55. The first-order valence-electron chi connectivity index (χ1n) is 8.45. The Morgan fingerprint density at radius 2 is 1.86 bits per heavy atom. The van der Waals surface area contributed by atoms with Crippen LogP contribution in [0.1, 0.15) is 12.5 Å². The summed E-state index contributed by atoms with van der Waals surface area (Å²) < 4.78 is 1.81. The smallest absolute Gasteiger partial charge is 0.342 e. The predicted octanol–water partition coefficient (Wildman–Crippen LogP) is 4.74. The number of nitro groups is 1. The second-order valence-electron chi connectivity index (χ2n) is 5.82. The van der Waals surface area contributed by atoms with Crippen molar-refractivity contribution in [1.82, 2.24) is 14.8 Å². The average Bonchev–Trinajstić information content (AvgIpc) is 3.11.